The number of nitrogens with one attached hydrogen (secondary N) is 1. The van der Waals surface area contributed by atoms with E-state index in [4.69, 9.17) is 24.6 Å². The number of benzene rings is 1. The molecule has 138 valence electrons. The van der Waals surface area contributed by atoms with Crippen molar-refractivity contribution in [3.8, 4) is 0 Å². The minimum Gasteiger partial charge on any atom is -0.506 e. The van der Waals surface area contributed by atoms with Crippen LogP contribution < -0.4 is 5.32 Å². The third-order valence-electron chi connectivity index (χ3n) is 3.75. The van der Waals surface area contributed by atoms with Crippen molar-refractivity contribution in [1.29, 1.82) is 0 Å². The molecule has 1 heterocycles. The van der Waals surface area contributed by atoms with Crippen molar-refractivity contribution in [2.75, 3.05) is 0 Å². The summed E-state index contributed by atoms with van der Waals surface area (Å²) in [6.45, 7) is 0. The van der Waals surface area contributed by atoms with E-state index in [0.29, 0.717) is 5.56 Å². The molecule has 2 rings (SSSR count). The van der Waals surface area contributed by atoms with E-state index in [9.17, 15) is 19.2 Å². The fraction of sp³-hybridized carbons (Fsp3) is 0.333. The molecule has 1 amide bonds. The molecule has 0 aliphatic carbocycles. The molecular formula is C15H16BNO9. The Morgan fingerprint density at radius 2 is 1.65 bits per heavy atom. The second kappa shape index (κ2) is 7.87. The number of amides is 1. The second-order valence-corrected chi connectivity index (χ2v) is 5.77. The van der Waals surface area contributed by atoms with Crippen LogP contribution in [0.1, 0.15) is 18.4 Å². The van der Waals surface area contributed by atoms with E-state index in [1.807, 2.05) is 0 Å². The highest BCUT2D eigenvalue weighted by Crippen LogP contribution is 2.32. The lowest BCUT2D eigenvalue weighted by molar-refractivity contribution is -0.157. The number of carboxylic acid groups (broad SMARTS) is 3. The van der Waals surface area contributed by atoms with Crippen molar-refractivity contribution in [1.82, 2.24) is 5.32 Å². The van der Waals surface area contributed by atoms with Gasteiger partial charge >= 0.3 is 31.1 Å². The van der Waals surface area contributed by atoms with Crippen LogP contribution in [0.2, 0.25) is 0 Å². The maximum atomic E-state index is 12.2. The van der Waals surface area contributed by atoms with Crippen LogP contribution in [-0.4, -0.2) is 58.0 Å². The Labute approximate surface area is 147 Å². The summed E-state index contributed by atoms with van der Waals surface area (Å²) >= 11 is 0. The summed E-state index contributed by atoms with van der Waals surface area (Å²) < 4.78 is 10.4. The van der Waals surface area contributed by atoms with Gasteiger partial charge in [-0.3, -0.25) is 14.4 Å². The first-order valence-electron chi connectivity index (χ1n) is 7.58. The number of carbonyl (C=O) groups is 4. The fourth-order valence-corrected chi connectivity index (χ4v) is 2.69. The van der Waals surface area contributed by atoms with Crippen LogP contribution in [0.15, 0.2) is 30.3 Å². The maximum Gasteiger partial charge on any atom is 0.552 e. The Morgan fingerprint density at radius 1 is 1.08 bits per heavy atom. The SMILES string of the molecule is O=C(O)CC1(CC(=O)O)OB(C(Cc2ccccc2)NC(=O)O)OC1=O. The Bertz CT molecular complexity index is 692. The van der Waals surface area contributed by atoms with E-state index in [1.54, 1.807) is 30.3 Å². The van der Waals surface area contributed by atoms with E-state index in [1.165, 1.54) is 0 Å². The zero-order valence-electron chi connectivity index (χ0n) is 13.5. The number of carboxylic acids is 2. The lowest BCUT2D eigenvalue weighted by Crippen LogP contribution is -2.49. The predicted octanol–water partition coefficient (Wildman–Crippen LogP) is 0.154. The van der Waals surface area contributed by atoms with Gasteiger partial charge in [-0.25, -0.2) is 4.79 Å². The first-order chi connectivity index (χ1) is 12.2. The summed E-state index contributed by atoms with van der Waals surface area (Å²) in [4.78, 5) is 45.3. The van der Waals surface area contributed by atoms with Crippen LogP contribution in [-0.2, 0) is 30.1 Å². The first-order valence-corrected chi connectivity index (χ1v) is 7.58. The first kappa shape index (κ1) is 19.3. The monoisotopic (exact) mass is 365 g/mol. The second-order valence-electron chi connectivity index (χ2n) is 5.77. The molecule has 0 bridgehead atoms. The Kier molecular flexibility index (Phi) is 5.83. The molecule has 0 aromatic heterocycles. The third kappa shape index (κ3) is 4.73. The third-order valence-corrected chi connectivity index (χ3v) is 3.75. The zero-order valence-corrected chi connectivity index (χ0v) is 13.5. The van der Waals surface area contributed by atoms with Gasteiger partial charge in [0.1, 0.15) is 0 Å². The molecule has 11 heteroatoms. The van der Waals surface area contributed by atoms with E-state index in [-0.39, 0.29) is 6.42 Å². The predicted molar refractivity (Wildman–Crippen MR) is 85.3 cm³/mol. The van der Waals surface area contributed by atoms with Crippen molar-refractivity contribution in [2.24, 2.45) is 0 Å². The van der Waals surface area contributed by atoms with Gasteiger partial charge in [0, 0.05) is 0 Å². The Morgan fingerprint density at radius 3 is 2.15 bits per heavy atom. The van der Waals surface area contributed by atoms with Gasteiger partial charge in [-0.05, 0) is 12.0 Å². The number of carbonyl (C=O) groups excluding carboxylic acids is 1. The molecule has 1 fully saturated rings. The van der Waals surface area contributed by atoms with E-state index in [2.05, 4.69) is 5.32 Å². The molecule has 0 saturated carbocycles. The van der Waals surface area contributed by atoms with Crippen LogP contribution in [0, 0.1) is 0 Å². The molecule has 0 spiro atoms. The van der Waals surface area contributed by atoms with Crippen LogP contribution in [0.5, 0.6) is 0 Å². The smallest absolute Gasteiger partial charge is 0.506 e. The highest BCUT2D eigenvalue weighted by atomic mass is 16.7. The molecule has 1 aromatic carbocycles. The molecule has 26 heavy (non-hydrogen) atoms. The molecule has 1 atom stereocenters. The Hall–Kier alpha value is -3.08. The average Bonchev–Trinajstić information content (AvgIpc) is 2.82. The normalized spacial score (nSPS) is 16.6. The van der Waals surface area contributed by atoms with E-state index >= 15 is 0 Å². The summed E-state index contributed by atoms with van der Waals surface area (Å²) in [6, 6.07) is 8.66. The van der Waals surface area contributed by atoms with Crippen LogP contribution >= 0.6 is 0 Å². The largest absolute Gasteiger partial charge is 0.552 e. The number of hydrogen-bond donors (Lipinski definition) is 4. The quantitative estimate of drug-likeness (QED) is 0.470. The average molecular weight is 365 g/mol. The molecule has 4 N–H and O–H groups in total. The van der Waals surface area contributed by atoms with Crippen LogP contribution in [0.4, 0.5) is 4.79 Å². The van der Waals surface area contributed by atoms with Crippen molar-refractivity contribution in [3.63, 3.8) is 0 Å². The minimum atomic E-state index is -2.21. The van der Waals surface area contributed by atoms with Crippen molar-refractivity contribution in [2.45, 2.75) is 30.8 Å². The van der Waals surface area contributed by atoms with Crippen LogP contribution in [0.3, 0.4) is 0 Å². The van der Waals surface area contributed by atoms with Crippen molar-refractivity contribution in [3.05, 3.63) is 35.9 Å². The lowest BCUT2D eigenvalue weighted by atomic mass is 9.75. The molecule has 1 aliphatic heterocycles. The van der Waals surface area contributed by atoms with Crippen molar-refractivity contribution >= 4 is 31.1 Å². The van der Waals surface area contributed by atoms with Gasteiger partial charge in [-0.2, -0.15) is 0 Å². The van der Waals surface area contributed by atoms with Gasteiger partial charge in [0.05, 0.1) is 18.8 Å². The summed E-state index contributed by atoms with van der Waals surface area (Å²) in [6.07, 6.45) is -3.15. The molecule has 10 nitrogen and oxygen atoms in total. The van der Waals surface area contributed by atoms with Gasteiger partial charge < -0.3 is 29.9 Å². The minimum absolute atomic E-state index is 0.0846. The maximum absolute atomic E-state index is 12.2. The van der Waals surface area contributed by atoms with Gasteiger partial charge in [0.15, 0.2) is 5.60 Å². The Balaban J connectivity index is 2.25. The highest BCUT2D eigenvalue weighted by Gasteiger charge is 2.57. The van der Waals surface area contributed by atoms with Gasteiger partial charge in [0.2, 0.25) is 0 Å². The molecular weight excluding hydrogens is 349 g/mol. The molecule has 0 radical (unpaired) electrons. The highest BCUT2D eigenvalue weighted by molar-refractivity contribution is 6.51. The standard InChI is InChI=1S/C15H16BNO9/c18-11(19)7-15(8-12(20)21)13(22)25-16(26-15)10(17-14(23)24)6-9-4-2-1-3-5-9/h1-5,10,17H,6-8H2,(H,18,19)(H,20,21)(H,23,24). The molecule has 1 unspecified atom stereocenters. The molecule has 1 aliphatic rings. The van der Waals surface area contributed by atoms with Gasteiger partial charge in [0.25, 0.3) is 0 Å². The molecule has 1 saturated heterocycles. The number of aliphatic carboxylic acids is 2. The van der Waals surface area contributed by atoms with Gasteiger partial charge in [-0.15, -0.1) is 0 Å². The topological polar surface area (TPSA) is 159 Å². The summed E-state index contributed by atoms with van der Waals surface area (Å²) in [5.74, 6) is -5.11. The summed E-state index contributed by atoms with van der Waals surface area (Å²) in [5.41, 5.74) is -1.50. The fourth-order valence-electron chi connectivity index (χ4n) is 2.69. The van der Waals surface area contributed by atoms with Crippen LogP contribution in [0.25, 0.3) is 0 Å². The number of rotatable bonds is 8. The lowest BCUT2D eigenvalue weighted by Gasteiger charge is -2.23. The zero-order chi connectivity index (χ0) is 19.3. The van der Waals surface area contributed by atoms with Gasteiger partial charge in [-0.1, -0.05) is 30.3 Å². The molecule has 1 aromatic rings. The summed E-state index contributed by atoms with van der Waals surface area (Å²) in [5, 5.41) is 29.1. The number of hydrogen-bond acceptors (Lipinski definition) is 6. The van der Waals surface area contributed by atoms with E-state index < -0.39 is 55.5 Å². The van der Waals surface area contributed by atoms with E-state index in [0.717, 1.165) is 0 Å². The summed E-state index contributed by atoms with van der Waals surface area (Å²) in [7, 11) is -1.46. The van der Waals surface area contributed by atoms with Crippen molar-refractivity contribution < 1.29 is 43.8 Å².